The van der Waals surface area contributed by atoms with E-state index in [4.69, 9.17) is 23.2 Å². The Morgan fingerprint density at radius 2 is 1.82 bits per heavy atom. The lowest BCUT2D eigenvalue weighted by Crippen LogP contribution is -2.26. The fraction of sp³-hybridized carbons (Fsp3) is 0.571. The van der Waals surface area contributed by atoms with Crippen molar-refractivity contribution in [2.75, 3.05) is 7.05 Å². The lowest BCUT2D eigenvalue weighted by Gasteiger charge is -2.30. The zero-order chi connectivity index (χ0) is 12.3. The van der Waals surface area contributed by atoms with Crippen LogP contribution in [0.25, 0.3) is 0 Å². The molecular weight excluding hydrogens is 253 g/mol. The Balaban J connectivity index is 2.18. The summed E-state index contributed by atoms with van der Waals surface area (Å²) < 4.78 is 0. The van der Waals surface area contributed by atoms with E-state index < -0.39 is 0 Å². The van der Waals surface area contributed by atoms with E-state index in [9.17, 15) is 0 Å². The number of halogens is 2. The van der Waals surface area contributed by atoms with Crippen LogP contribution in [-0.4, -0.2) is 7.05 Å². The van der Waals surface area contributed by atoms with E-state index in [2.05, 4.69) is 11.4 Å². The molecule has 0 radical (unpaired) electrons. The van der Waals surface area contributed by atoms with E-state index in [0.717, 1.165) is 5.92 Å². The Morgan fingerprint density at radius 1 is 1.12 bits per heavy atom. The second-order valence-electron chi connectivity index (χ2n) is 4.84. The summed E-state index contributed by atoms with van der Waals surface area (Å²) in [6.45, 7) is 0. The van der Waals surface area contributed by atoms with Gasteiger partial charge in [-0.05, 0) is 43.5 Å². The quantitative estimate of drug-likeness (QED) is 0.830. The molecule has 1 fully saturated rings. The van der Waals surface area contributed by atoms with Gasteiger partial charge >= 0.3 is 0 Å². The van der Waals surface area contributed by atoms with Crippen LogP contribution in [0, 0.1) is 5.92 Å². The first-order chi connectivity index (χ1) is 8.22. The van der Waals surface area contributed by atoms with Gasteiger partial charge in [-0.1, -0.05) is 48.5 Å². The Labute approximate surface area is 114 Å². The summed E-state index contributed by atoms with van der Waals surface area (Å²) in [6, 6.07) is 6.39. The largest absolute Gasteiger partial charge is 0.313 e. The Bertz CT molecular complexity index is 372. The van der Waals surface area contributed by atoms with E-state index in [0.29, 0.717) is 16.1 Å². The van der Waals surface area contributed by atoms with Crippen LogP contribution < -0.4 is 5.32 Å². The van der Waals surface area contributed by atoms with Crippen LogP contribution in [-0.2, 0) is 0 Å². The highest BCUT2D eigenvalue weighted by Gasteiger charge is 2.23. The van der Waals surface area contributed by atoms with Crippen LogP contribution in [0.1, 0.15) is 43.7 Å². The summed E-state index contributed by atoms with van der Waals surface area (Å²) in [5.41, 5.74) is 1.26. The van der Waals surface area contributed by atoms with Gasteiger partial charge in [-0.3, -0.25) is 0 Å². The summed E-state index contributed by atoms with van der Waals surface area (Å²) in [5, 5.41) is 4.72. The predicted octanol–water partition coefficient (Wildman–Crippen LogP) is 4.83. The molecule has 0 saturated heterocycles. The van der Waals surface area contributed by atoms with Crippen molar-refractivity contribution in [2.45, 2.75) is 38.1 Å². The monoisotopic (exact) mass is 271 g/mol. The van der Waals surface area contributed by atoms with Gasteiger partial charge in [0.1, 0.15) is 0 Å². The zero-order valence-electron chi connectivity index (χ0n) is 10.2. The smallest absolute Gasteiger partial charge is 0.0595 e. The number of rotatable bonds is 3. The molecule has 3 heteroatoms. The molecule has 0 spiro atoms. The van der Waals surface area contributed by atoms with Gasteiger partial charge in [-0.2, -0.15) is 0 Å². The zero-order valence-corrected chi connectivity index (χ0v) is 11.7. The molecule has 0 amide bonds. The molecule has 1 aliphatic rings. The lowest BCUT2D eigenvalue weighted by molar-refractivity contribution is 0.281. The molecule has 0 aromatic heterocycles. The highest BCUT2D eigenvalue weighted by Crippen LogP contribution is 2.36. The third-order valence-electron chi connectivity index (χ3n) is 3.74. The first kappa shape index (κ1) is 13.2. The fourth-order valence-corrected chi connectivity index (χ4v) is 3.15. The molecule has 1 N–H and O–H groups in total. The third-order valence-corrected chi connectivity index (χ3v) is 4.47. The molecule has 1 aromatic carbocycles. The Hall–Kier alpha value is -0.240. The average Bonchev–Trinajstić information content (AvgIpc) is 2.36. The number of nitrogens with one attached hydrogen (secondary N) is 1. The standard InChI is InChI=1S/C14H19Cl2N/c1-17-14(10-5-3-2-4-6-10)11-7-8-12(15)13(16)9-11/h7-10,14,17H,2-6H2,1H3. The second-order valence-corrected chi connectivity index (χ2v) is 5.65. The van der Waals surface area contributed by atoms with Crippen molar-refractivity contribution < 1.29 is 0 Å². The van der Waals surface area contributed by atoms with Crippen molar-refractivity contribution in [3.63, 3.8) is 0 Å². The summed E-state index contributed by atoms with van der Waals surface area (Å²) in [6.07, 6.45) is 6.71. The number of hydrogen-bond donors (Lipinski definition) is 1. The van der Waals surface area contributed by atoms with Crippen LogP contribution in [0.5, 0.6) is 0 Å². The number of benzene rings is 1. The van der Waals surface area contributed by atoms with Crippen LogP contribution >= 0.6 is 23.2 Å². The van der Waals surface area contributed by atoms with Gasteiger partial charge in [0.2, 0.25) is 0 Å². The summed E-state index contributed by atoms with van der Waals surface area (Å²) >= 11 is 12.1. The van der Waals surface area contributed by atoms with Crippen molar-refractivity contribution in [1.29, 1.82) is 0 Å². The SMILES string of the molecule is CNC(c1ccc(Cl)c(Cl)c1)C1CCCCC1. The van der Waals surface area contributed by atoms with E-state index in [1.165, 1.54) is 37.7 Å². The van der Waals surface area contributed by atoms with Crippen LogP contribution in [0.2, 0.25) is 10.0 Å². The predicted molar refractivity (Wildman–Crippen MR) is 74.8 cm³/mol. The van der Waals surface area contributed by atoms with Gasteiger partial charge in [-0.15, -0.1) is 0 Å². The molecule has 1 atom stereocenters. The summed E-state index contributed by atoms with van der Waals surface area (Å²) in [7, 11) is 2.03. The van der Waals surface area contributed by atoms with Gasteiger partial charge in [0.05, 0.1) is 10.0 Å². The van der Waals surface area contributed by atoms with Gasteiger partial charge < -0.3 is 5.32 Å². The van der Waals surface area contributed by atoms with Crippen molar-refractivity contribution in [3.8, 4) is 0 Å². The minimum atomic E-state index is 0.407. The van der Waals surface area contributed by atoms with Gasteiger partial charge in [0.25, 0.3) is 0 Å². The molecule has 1 nitrogen and oxygen atoms in total. The van der Waals surface area contributed by atoms with Gasteiger partial charge in [0, 0.05) is 6.04 Å². The van der Waals surface area contributed by atoms with Crippen molar-refractivity contribution in [3.05, 3.63) is 33.8 Å². The minimum Gasteiger partial charge on any atom is -0.313 e. The molecular formula is C14H19Cl2N. The molecule has 1 saturated carbocycles. The minimum absolute atomic E-state index is 0.407. The summed E-state index contributed by atoms with van der Waals surface area (Å²) in [4.78, 5) is 0. The van der Waals surface area contributed by atoms with Crippen LogP contribution in [0.15, 0.2) is 18.2 Å². The Kier molecular flexibility index (Phi) is 4.72. The van der Waals surface area contributed by atoms with E-state index >= 15 is 0 Å². The molecule has 0 bridgehead atoms. The highest BCUT2D eigenvalue weighted by molar-refractivity contribution is 6.42. The topological polar surface area (TPSA) is 12.0 Å². The van der Waals surface area contributed by atoms with E-state index in [-0.39, 0.29) is 0 Å². The molecule has 17 heavy (non-hydrogen) atoms. The first-order valence-electron chi connectivity index (χ1n) is 6.34. The fourth-order valence-electron chi connectivity index (χ4n) is 2.85. The molecule has 1 aliphatic carbocycles. The molecule has 2 rings (SSSR count). The number of hydrogen-bond acceptors (Lipinski definition) is 1. The van der Waals surface area contributed by atoms with Crippen molar-refractivity contribution in [2.24, 2.45) is 5.92 Å². The first-order valence-corrected chi connectivity index (χ1v) is 7.10. The lowest BCUT2D eigenvalue weighted by atomic mass is 9.81. The van der Waals surface area contributed by atoms with Crippen LogP contribution in [0.3, 0.4) is 0 Å². The maximum absolute atomic E-state index is 6.09. The third kappa shape index (κ3) is 3.15. The molecule has 0 aliphatic heterocycles. The molecule has 94 valence electrons. The Morgan fingerprint density at radius 3 is 2.41 bits per heavy atom. The average molecular weight is 272 g/mol. The van der Waals surface area contributed by atoms with E-state index in [1.54, 1.807) is 0 Å². The highest BCUT2D eigenvalue weighted by atomic mass is 35.5. The molecule has 1 unspecified atom stereocenters. The van der Waals surface area contributed by atoms with Gasteiger partial charge in [-0.25, -0.2) is 0 Å². The van der Waals surface area contributed by atoms with Crippen molar-refractivity contribution in [1.82, 2.24) is 5.32 Å². The molecule has 0 heterocycles. The maximum Gasteiger partial charge on any atom is 0.0595 e. The maximum atomic E-state index is 6.09. The van der Waals surface area contributed by atoms with Crippen molar-refractivity contribution >= 4 is 23.2 Å². The normalized spacial score (nSPS) is 19.2. The summed E-state index contributed by atoms with van der Waals surface area (Å²) in [5.74, 6) is 0.728. The molecule has 1 aromatic rings. The van der Waals surface area contributed by atoms with Crippen LogP contribution in [0.4, 0.5) is 0 Å². The van der Waals surface area contributed by atoms with E-state index in [1.807, 2.05) is 19.2 Å². The second kappa shape index (κ2) is 6.08. The van der Waals surface area contributed by atoms with Gasteiger partial charge in [0.15, 0.2) is 0 Å².